The van der Waals surface area contributed by atoms with Crippen LogP contribution < -0.4 is 10.6 Å². The number of nitriles is 1. The molecule has 3 aromatic rings. The minimum Gasteiger partial charge on any atom is -0.383 e. The number of carbonyl (C=O) groups is 2. The second-order valence-corrected chi connectivity index (χ2v) is 11.3. The van der Waals surface area contributed by atoms with Crippen LogP contribution in [0.3, 0.4) is 0 Å². The van der Waals surface area contributed by atoms with Crippen LogP contribution in [0.4, 0.5) is 23.2 Å². The molecule has 10 heteroatoms. The van der Waals surface area contributed by atoms with Gasteiger partial charge in [0.25, 0.3) is 5.91 Å². The molecule has 1 aliphatic heterocycles. The molecule has 2 fully saturated rings. The van der Waals surface area contributed by atoms with Gasteiger partial charge in [0.1, 0.15) is 6.07 Å². The highest BCUT2D eigenvalue weighted by atomic mass is 19.2. The van der Waals surface area contributed by atoms with Gasteiger partial charge in [-0.25, -0.2) is 17.6 Å². The number of hydrogen-bond donors (Lipinski definition) is 2. The molecule has 0 spiro atoms. The van der Waals surface area contributed by atoms with E-state index < -0.39 is 41.0 Å². The lowest BCUT2D eigenvalue weighted by Crippen LogP contribution is -2.39. The van der Waals surface area contributed by atoms with Crippen LogP contribution in [0.2, 0.25) is 0 Å². The van der Waals surface area contributed by atoms with Gasteiger partial charge >= 0.3 is 0 Å². The zero-order valence-corrected chi connectivity index (χ0v) is 24.7. The van der Waals surface area contributed by atoms with Crippen molar-refractivity contribution in [2.24, 2.45) is 0 Å². The predicted octanol–water partition coefficient (Wildman–Crippen LogP) is 6.64. The first-order valence-corrected chi connectivity index (χ1v) is 14.8. The Bertz CT molecular complexity index is 1660. The van der Waals surface area contributed by atoms with Crippen molar-refractivity contribution in [3.05, 3.63) is 111 Å². The van der Waals surface area contributed by atoms with E-state index in [9.17, 15) is 32.4 Å². The van der Waals surface area contributed by atoms with E-state index in [4.69, 9.17) is 0 Å². The molecule has 1 saturated heterocycles. The molecule has 1 saturated carbocycles. The molecule has 5 rings (SSSR count). The molecule has 1 heterocycles. The number of nitrogens with one attached hydrogen (secondary N) is 2. The summed E-state index contributed by atoms with van der Waals surface area (Å²) in [6.07, 6.45) is 5.19. The number of Topliss-reactive ketones (excluding diaryl/α,β-unsaturated/α-hetero) is 1. The first-order valence-electron chi connectivity index (χ1n) is 14.8. The number of likely N-dealkylation sites (N-methyl/N-ethyl adjacent to an activating group) is 1. The van der Waals surface area contributed by atoms with Gasteiger partial charge in [-0.2, -0.15) is 5.26 Å². The number of anilines is 1. The largest absolute Gasteiger partial charge is 0.383 e. The maximum atomic E-state index is 13.9. The third kappa shape index (κ3) is 7.49. The molecule has 45 heavy (non-hydrogen) atoms. The fourth-order valence-electron chi connectivity index (χ4n) is 5.94. The number of ketones is 1. The molecule has 0 radical (unpaired) electrons. The Morgan fingerprint density at radius 1 is 0.933 bits per heavy atom. The highest BCUT2D eigenvalue weighted by molar-refractivity contribution is 6.14. The third-order valence-corrected chi connectivity index (χ3v) is 8.25. The molecule has 3 aromatic carbocycles. The van der Waals surface area contributed by atoms with Crippen LogP contribution >= 0.6 is 0 Å². The van der Waals surface area contributed by atoms with Crippen LogP contribution in [0.15, 0.2) is 65.7 Å². The van der Waals surface area contributed by atoms with Crippen LogP contribution in [0.1, 0.15) is 59.7 Å². The van der Waals surface area contributed by atoms with Crippen molar-refractivity contribution in [2.45, 2.75) is 44.7 Å². The second-order valence-electron chi connectivity index (χ2n) is 11.3. The Balaban J connectivity index is 1.38. The number of likely N-dealkylation sites (tertiary alicyclic amines) is 1. The molecular weight excluding hydrogens is 584 g/mol. The van der Waals surface area contributed by atoms with Crippen LogP contribution in [0, 0.1) is 34.6 Å². The SMILES string of the molecule is CCN1CCCC1CNc1ccc(C(=O)NC2C/C(=C\c3ccc(F)c(F)c3)C(=O)/C(=C/c3ccc(F)c(F)c3)C2)c(C#N)c1. The molecule has 1 atom stereocenters. The quantitative estimate of drug-likeness (QED) is 0.219. The van der Waals surface area contributed by atoms with Crippen molar-refractivity contribution in [3.63, 3.8) is 0 Å². The number of nitrogens with zero attached hydrogens (tertiary/aromatic N) is 2. The summed E-state index contributed by atoms with van der Waals surface area (Å²) in [6.45, 7) is 4.88. The van der Waals surface area contributed by atoms with Gasteiger partial charge < -0.3 is 10.6 Å². The van der Waals surface area contributed by atoms with E-state index in [0.29, 0.717) is 6.04 Å². The second kappa shape index (κ2) is 13.9. The molecule has 0 bridgehead atoms. The standard InChI is InChI=1S/C35H32F4N4O2/c1-2-43-11-3-4-28(43)20-41-26-7-8-29(25(18-26)19-40)35(45)42-27-16-23(12-21-5-9-30(36)32(38)14-21)34(44)24(17-27)13-22-6-10-31(37)33(39)15-22/h5-10,12-15,18,27-28,41H,2-4,11,16-17,20H2,1H3,(H,42,45)/b23-12+,24-13+. The van der Waals surface area contributed by atoms with Gasteiger partial charge in [-0.15, -0.1) is 0 Å². The van der Waals surface area contributed by atoms with Crippen molar-refractivity contribution in [2.75, 3.05) is 25.0 Å². The van der Waals surface area contributed by atoms with Crippen LogP contribution in [0.5, 0.6) is 0 Å². The normalized spacial score (nSPS) is 20.4. The number of benzene rings is 3. The summed E-state index contributed by atoms with van der Waals surface area (Å²) in [5, 5.41) is 16.1. The average molecular weight is 617 g/mol. The van der Waals surface area contributed by atoms with E-state index in [1.165, 1.54) is 24.3 Å². The summed E-state index contributed by atoms with van der Waals surface area (Å²) < 4.78 is 54.8. The van der Waals surface area contributed by atoms with E-state index in [1.54, 1.807) is 18.2 Å². The minimum atomic E-state index is -1.08. The molecule has 6 nitrogen and oxygen atoms in total. The first-order chi connectivity index (χ1) is 21.6. The summed E-state index contributed by atoms with van der Waals surface area (Å²) in [7, 11) is 0. The Labute approximate surface area is 259 Å². The van der Waals surface area contributed by atoms with E-state index in [-0.39, 0.29) is 46.2 Å². The van der Waals surface area contributed by atoms with Gasteiger partial charge in [-0.1, -0.05) is 19.1 Å². The van der Waals surface area contributed by atoms with Crippen molar-refractivity contribution in [1.29, 1.82) is 5.26 Å². The molecular formula is C35H32F4N4O2. The van der Waals surface area contributed by atoms with Gasteiger partial charge in [0, 0.05) is 35.5 Å². The van der Waals surface area contributed by atoms with E-state index in [1.807, 2.05) is 0 Å². The summed E-state index contributed by atoms with van der Waals surface area (Å²) in [4.78, 5) is 29.3. The molecule has 1 amide bonds. The third-order valence-electron chi connectivity index (χ3n) is 8.25. The first kappa shape index (κ1) is 31.7. The molecule has 232 valence electrons. The van der Waals surface area contributed by atoms with Gasteiger partial charge in [-0.3, -0.25) is 14.5 Å². The van der Waals surface area contributed by atoms with E-state index in [2.05, 4.69) is 28.5 Å². The van der Waals surface area contributed by atoms with Gasteiger partial charge in [0.2, 0.25) is 0 Å². The molecule has 1 aliphatic carbocycles. The topological polar surface area (TPSA) is 85.2 Å². The predicted molar refractivity (Wildman–Crippen MR) is 164 cm³/mol. The fraction of sp³-hybridized carbons (Fsp3) is 0.286. The monoisotopic (exact) mass is 616 g/mol. The van der Waals surface area contributed by atoms with Crippen molar-refractivity contribution in [3.8, 4) is 6.07 Å². The van der Waals surface area contributed by atoms with E-state index >= 15 is 0 Å². The maximum Gasteiger partial charge on any atom is 0.252 e. The smallest absolute Gasteiger partial charge is 0.252 e. The number of carbonyl (C=O) groups excluding carboxylic acids is 2. The lowest BCUT2D eigenvalue weighted by molar-refractivity contribution is -0.113. The molecule has 2 N–H and O–H groups in total. The number of hydrogen-bond acceptors (Lipinski definition) is 5. The van der Waals surface area contributed by atoms with Gasteiger partial charge in [0.15, 0.2) is 29.1 Å². The molecule has 2 aliphatic rings. The van der Waals surface area contributed by atoms with Crippen molar-refractivity contribution in [1.82, 2.24) is 10.2 Å². The maximum absolute atomic E-state index is 13.9. The molecule has 1 unspecified atom stereocenters. The summed E-state index contributed by atoms with van der Waals surface area (Å²) in [6, 6.07) is 13.3. The average Bonchev–Trinajstić information content (AvgIpc) is 3.49. The minimum absolute atomic E-state index is 0.0650. The number of halogens is 4. The number of rotatable bonds is 8. The van der Waals surface area contributed by atoms with Crippen LogP contribution in [-0.4, -0.2) is 48.3 Å². The lowest BCUT2D eigenvalue weighted by atomic mass is 9.83. The van der Waals surface area contributed by atoms with Gasteiger partial charge in [-0.05, 0) is 105 Å². The Morgan fingerprint density at radius 3 is 2.11 bits per heavy atom. The highest BCUT2D eigenvalue weighted by Crippen LogP contribution is 2.30. The van der Waals surface area contributed by atoms with Crippen LogP contribution in [0.25, 0.3) is 12.2 Å². The zero-order chi connectivity index (χ0) is 32.1. The lowest BCUT2D eigenvalue weighted by Gasteiger charge is -2.27. The highest BCUT2D eigenvalue weighted by Gasteiger charge is 2.30. The van der Waals surface area contributed by atoms with Gasteiger partial charge in [0.05, 0.1) is 11.1 Å². The fourth-order valence-corrected chi connectivity index (χ4v) is 5.94. The Kier molecular flexibility index (Phi) is 9.79. The van der Waals surface area contributed by atoms with Crippen molar-refractivity contribution >= 4 is 29.5 Å². The Morgan fingerprint density at radius 2 is 1.56 bits per heavy atom. The van der Waals surface area contributed by atoms with Crippen LogP contribution in [-0.2, 0) is 4.79 Å². The van der Waals surface area contributed by atoms with Crippen molar-refractivity contribution < 1.29 is 27.2 Å². The Hall–Kier alpha value is -4.75. The summed E-state index contributed by atoms with van der Waals surface area (Å²) >= 11 is 0. The zero-order valence-electron chi connectivity index (χ0n) is 24.7. The van der Waals surface area contributed by atoms with E-state index in [0.717, 1.165) is 62.4 Å². The molecule has 0 aromatic heterocycles. The summed E-state index contributed by atoms with van der Waals surface area (Å²) in [5.41, 5.74) is 1.96. The number of amides is 1. The summed E-state index contributed by atoms with van der Waals surface area (Å²) in [5.74, 6) is -5.18.